The lowest BCUT2D eigenvalue weighted by Gasteiger charge is -2.26. The molecule has 0 spiro atoms. The van der Waals surface area contributed by atoms with Crippen molar-refractivity contribution in [3.05, 3.63) is 22.7 Å². The summed E-state index contributed by atoms with van der Waals surface area (Å²) < 4.78 is 5.29. The molecule has 1 rings (SSSR count). The van der Waals surface area contributed by atoms with Crippen molar-refractivity contribution in [2.75, 3.05) is 19.1 Å². The van der Waals surface area contributed by atoms with Crippen LogP contribution in [0.3, 0.4) is 0 Å². The number of carboxylic acids is 1. The zero-order chi connectivity index (χ0) is 13.2. The lowest BCUT2D eigenvalue weighted by molar-refractivity contribution is -0.138. The van der Waals surface area contributed by atoms with Gasteiger partial charge in [0.05, 0.1) is 12.8 Å². The number of nitrogens with zero attached hydrogens (tertiary/aromatic N) is 1. The van der Waals surface area contributed by atoms with E-state index in [-0.39, 0.29) is 0 Å². The molecule has 0 saturated heterocycles. The van der Waals surface area contributed by atoms with Crippen molar-refractivity contribution >= 4 is 23.3 Å². The normalized spacial score (nSPS) is 12.1. The van der Waals surface area contributed by atoms with Gasteiger partial charge in [0.2, 0.25) is 0 Å². The SMILES string of the molecule is COc1c(C)cc(Cl)cc1N(C)C(C)C(=O)O. The molecule has 0 radical (unpaired) electrons. The first-order chi connectivity index (χ1) is 7.88. The van der Waals surface area contributed by atoms with Gasteiger partial charge in [0, 0.05) is 12.1 Å². The quantitative estimate of drug-likeness (QED) is 0.901. The summed E-state index contributed by atoms with van der Waals surface area (Å²) in [6, 6.07) is 2.83. The fourth-order valence-corrected chi connectivity index (χ4v) is 1.88. The number of benzene rings is 1. The number of likely N-dealkylation sites (N-methyl/N-ethyl adjacent to an activating group) is 1. The molecule has 1 atom stereocenters. The molecule has 1 aromatic carbocycles. The van der Waals surface area contributed by atoms with Gasteiger partial charge in [0.1, 0.15) is 11.8 Å². The summed E-state index contributed by atoms with van der Waals surface area (Å²) in [4.78, 5) is 12.6. The van der Waals surface area contributed by atoms with Gasteiger partial charge in [-0.3, -0.25) is 0 Å². The van der Waals surface area contributed by atoms with Crippen molar-refractivity contribution in [1.29, 1.82) is 0 Å². The van der Waals surface area contributed by atoms with Crippen LogP contribution in [0, 0.1) is 6.92 Å². The number of ether oxygens (including phenoxy) is 1. The molecule has 0 fully saturated rings. The van der Waals surface area contributed by atoms with Crippen molar-refractivity contribution in [3.63, 3.8) is 0 Å². The van der Waals surface area contributed by atoms with Crippen LogP contribution in [0.15, 0.2) is 12.1 Å². The number of halogens is 1. The van der Waals surface area contributed by atoms with Gasteiger partial charge in [-0.05, 0) is 31.5 Å². The topological polar surface area (TPSA) is 49.8 Å². The molecule has 1 N–H and O–H groups in total. The van der Waals surface area contributed by atoms with E-state index in [2.05, 4.69) is 0 Å². The molecule has 0 aromatic heterocycles. The van der Waals surface area contributed by atoms with E-state index < -0.39 is 12.0 Å². The third-order valence-electron chi connectivity index (χ3n) is 2.74. The Morgan fingerprint density at radius 1 is 1.53 bits per heavy atom. The van der Waals surface area contributed by atoms with E-state index in [0.717, 1.165) is 5.56 Å². The lowest BCUT2D eigenvalue weighted by Crippen LogP contribution is -2.36. The summed E-state index contributed by atoms with van der Waals surface area (Å²) in [7, 11) is 3.26. The van der Waals surface area contributed by atoms with Gasteiger partial charge in [-0.2, -0.15) is 0 Å². The molecule has 0 amide bonds. The fourth-order valence-electron chi connectivity index (χ4n) is 1.61. The van der Waals surface area contributed by atoms with Gasteiger partial charge in [-0.1, -0.05) is 11.6 Å². The number of aryl methyl sites for hydroxylation is 1. The van der Waals surface area contributed by atoms with E-state index in [1.54, 1.807) is 38.1 Å². The highest BCUT2D eigenvalue weighted by Gasteiger charge is 2.21. The predicted molar refractivity (Wildman–Crippen MR) is 68.2 cm³/mol. The van der Waals surface area contributed by atoms with Gasteiger partial charge < -0.3 is 14.7 Å². The van der Waals surface area contributed by atoms with E-state index in [9.17, 15) is 4.79 Å². The molecular weight excluding hydrogens is 242 g/mol. The van der Waals surface area contributed by atoms with Crippen LogP contribution < -0.4 is 9.64 Å². The average Bonchev–Trinajstić information content (AvgIpc) is 2.25. The highest BCUT2D eigenvalue weighted by molar-refractivity contribution is 6.31. The standard InChI is InChI=1S/C12H16ClNO3/c1-7-5-9(13)6-10(11(7)17-4)14(3)8(2)12(15)16/h5-6,8H,1-4H3,(H,15,16). The maximum absolute atomic E-state index is 11.0. The maximum atomic E-state index is 11.0. The highest BCUT2D eigenvalue weighted by atomic mass is 35.5. The van der Waals surface area contributed by atoms with Crippen molar-refractivity contribution in [1.82, 2.24) is 0 Å². The molecule has 5 heteroatoms. The Hall–Kier alpha value is -1.42. The van der Waals surface area contributed by atoms with Crippen LogP contribution in [0.5, 0.6) is 5.75 Å². The summed E-state index contributed by atoms with van der Waals surface area (Å²) in [5, 5.41) is 9.56. The van der Waals surface area contributed by atoms with E-state index in [0.29, 0.717) is 16.5 Å². The Morgan fingerprint density at radius 2 is 2.12 bits per heavy atom. The number of anilines is 1. The summed E-state index contributed by atoms with van der Waals surface area (Å²) in [5.41, 5.74) is 1.55. The highest BCUT2D eigenvalue weighted by Crippen LogP contribution is 2.35. The van der Waals surface area contributed by atoms with Crippen LogP contribution in [0.4, 0.5) is 5.69 Å². The minimum atomic E-state index is -0.896. The minimum absolute atomic E-state index is 0.558. The Morgan fingerprint density at radius 3 is 2.59 bits per heavy atom. The first-order valence-corrected chi connectivity index (χ1v) is 5.56. The number of hydrogen-bond donors (Lipinski definition) is 1. The van der Waals surface area contributed by atoms with E-state index >= 15 is 0 Å². The lowest BCUT2D eigenvalue weighted by atomic mass is 10.1. The smallest absolute Gasteiger partial charge is 0.326 e. The number of rotatable bonds is 4. The van der Waals surface area contributed by atoms with Gasteiger partial charge in [0.15, 0.2) is 0 Å². The average molecular weight is 258 g/mol. The molecule has 0 aliphatic rings. The van der Waals surface area contributed by atoms with E-state index in [4.69, 9.17) is 21.4 Å². The number of aliphatic carboxylic acids is 1. The molecule has 0 heterocycles. The van der Waals surface area contributed by atoms with Crippen LogP contribution in [-0.4, -0.2) is 31.3 Å². The van der Waals surface area contributed by atoms with Crippen molar-refractivity contribution in [2.24, 2.45) is 0 Å². The largest absolute Gasteiger partial charge is 0.494 e. The van der Waals surface area contributed by atoms with Gasteiger partial charge in [0.25, 0.3) is 0 Å². The Balaban J connectivity index is 3.24. The zero-order valence-corrected chi connectivity index (χ0v) is 11.1. The molecule has 0 aliphatic heterocycles. The van der Waals surface area contributed by atoms with Crippen LogP contribution in [0.2, 0.25) is 5.02 Å². The second kappa shape index (κ2) is 5.27. The van der Waals surface area contributed by atoms with Crippen LogP contribution in [0.25, 0.3) is 0 Å². The number of carbonyl (C=O) groups is 1. The molecule has 94 valence electrons. The first kappa shape index (κ1) is 13.6. The van der Waals surface area contributed by atoms with E-state index in [1.807, 2.05) is 6.92 Å². The maximum Gasteiger partial charge on any atom is 0.326 e. The van der Waals surface area contributed by atoms with Gasteiger partial charge in [-0.25, -0.2) is 4.79 Å². The summed E-state index contributed by atoms with van der Waals surface area (Å²) >= 11 is 5.98. The fraction of sp³-hybridized carbons (Fsp3) is 0.417. The first-order valence-electron chi connectivity index (χ1n) is 5.18. The van der Waals surface area contributed by atoms with Gasteiger partial charge in [-0.15, -0.1) is 0 Å². The third kappa shape index (κ3) is 2.82. The molecule has 0 bridgehead atoms. The van der Waals surface area contributed by atoms with Crippen LogP contribution >= 0.6 is 11.6 Å². The monoisotopic (exact) mass is 257 g/mol. The molecule has 1 unspecified atom stereocenters. The van der Waals surface area contributed by atoms with Crippen molar-refractivity contribution < 1.29 is 14.6 Å². The van der Waals surface area contributed by atoms with Crippen LogP contribution in [-0.2, 0) is 4.79 Å². The van der Waals surface area contributed by atoms with Gasteiger partial charge >= 0.3 is 5.97 Å². The Labute approximate surface area is 106 Å². The Kier molecular flexibility index (Phi) is 4.23. The zero-order valence-electron chi connectivity index (χ0n) is 10.3. The third-order valence-corrected chi connectivity index (χ3v) is 2.96. The molecule has 1 aromatic rings. The molecule has 17 heavy (non-hydrogen) atoms. The predicted octanol–water partition coefficient (Wildman–Crippen LogP) is 2.57. The van der Waals surface area contributed by atoms with Crippen molar-refractivity contribution in [2.45, 2.75) is 19.9 Å². The summed E-state index contributed by atoms with van der Waals surface area (Å²) in [6.45, 7) is 3.48. The summed E-state index contributed by atoms with van der Waals surface area (Å²) in [6.07, 6.45) is 0. The Bertz CT molecular complexity index is 434. The molecule has 0 saturated carbocycles. The second-order valence-electron chi connectivity index (χ2n) is 3.90. The van der Waals surface area contributed by atoms with Crippen LogP contribution in [0.1, 0.15) is 12.5 Å². The number of carboxylic acid groups (broad SMARTS) is 1. The van der Waals surface area contributed by atoms with E-state index in [1.165, 1.54) is 0 Å². The number of methoxy groups -OCH3 is 1. The number of hydrogen-bond acceptors (Lipinski definition) is 3. The van der Waals surface area contributed by atoms with Crippen molar-refractivity contribution in [3.8, 4) is 5.75 Å². The summed E-state index contributed by atoms with van der Waals surface area (Å²) in [5.74, 6) is -0.253. The molecular formula is C12H16ClNO3. The second-order valence-corrected chi connectivity index (χ2v) is 4.34. The minimum Gasteiger partial charge on any atom is -0.494 e. The molecule has 4 nitrogen and oxygen atoms in total. The molecule has 0 aliphatic carbocycles.